The van der Waals surface area contributed by atoms with E-state index < -0.39 is 11.6 Å². The number of halogens is 2. The van der Waals surface area contributed by atoms with Gasteiger partial charge in [-0.2, -0.15) is 5.10 Å². The smallest absolute Gasteiger partial charge is 0.191 e. The van der Waals surface area contributed by atoms with Crippen LogP contribution in [0.2, 0.25) is 0 Å². The van der Waals surface area contributed by atoms with Crippen LogP contribution in [-0.2, 0) is 20.0 Å². The minimum atomic E-state index is -0.460. The van der Waals surface area contributed by atoms with Crippen molar-refractivity contribution in [2.75, 3.05) is 13.6 Å². The number of nitrogens with zero attached hydrogens (tertiary/aromatic N) is 3. The molecular weight excluding hydrogens is 312 g/mol. The van der Waals surface area contributed by atoms with E-state index in [-0.39, 0.29) is 12.1 Å². The van der Waals surface area contributed by atoms with E-state index in [1.54, 1.807) is 7.05 Å². The summed E-state index contributed by atoms with van der Waals surface area (Å²) in [5.74, 6) is -0.363. The summed E-state index contributed by atoms with van der Waals surface area (Å²) in [6, 6.07) is 3.40. The van der Waals surface area contributed by atoms with Gasteiger partial charge in [-0.05, 0) is 44.0 Å². The van der Waals surface area contributed by atoms with Crippen molar-refractivity contribution in [3.8, 4) is 0 Å². The minimum absolute atomic E-state index is 0.161. The highest BCUT2D eigenvalue weighted by Crippen LogP contribution is 2.12. The van der Waals surface area contributed by atoms with Crippen molar-refractivity contribution >= 4 is 5.96 Å². The third-order valence-electron chi connectivity index (χ3n) is 4.00. The maximum absolute atomic E-state index is 13.6. The molecule has 0 atom stereocenters. The summed E-state index contributed by atoms with van der Waals surface area (Å²) in [6.07, 6.45) is 0.806. The van der Waals surface area contributed by atoms with Crippen LogP contribution in [0.25, 0.3) is 0 Å². The molecule has 0 amide bonds. The zero-order valence-corrected chi connectivity index (χ0v) is 14.5. The fourth-order valence-corrected chi connectivity index (χ4v) is 2.56. The maximum Gasteiger partial charge on any atom is 0.191 e. The molecule has 0 bridgehead atoms. The second kappa shape index (κ2) is 7.90. The number of benzene rings is 1. The van der Waals surface area contributed by atoms with Crippen LogP contribution in [0, 0.1) is 25.5 Å². The number of aliphatic imine (C=N–C) groups is 1. The Bertz CT molecular complexity index is 737. The van der Waals surface area contributed by atoms with Crippen LogP contribution in [0.5, 0.6) is 0 Å². The SMILES string of the molecule is CN=C(NCCc1c(C)nn(C)c1C)NCc1cc(F)ccc1F. The Labute approximate surface area is 140 Å². The molecule has 0 saturated carbocycles. The average Bonchev–Trinajstić information content (AvgIpc) is 2.79. The summed E-state index contributed by atoms with van der Waals surface area (Å²) in [7, 11) is 3.56. The van der Waals surface area contributed by atoms with Crippen molar-refractivity contribution in [2.45, 2.75) is 26.8 Å². The normalized spacial score (nSPS) is 11.7. The van der Waals surface area contributed by atoms with E-state index in [0.717, 1.165) is 29.9 Å². The molecule has 0 saturated heterocycles. The van der Waals surface area contributed by atoms with E-state index in [4.69, 9.17) is 0 Å². The fraction of sp³-hybridized carbons (Fsp3) is 0.412. The van der Waals surface area contributed by atoms with Gasteiger partial charge < -0.3 is 10.6 Å². The average molecular weight is 335 g/mol. The lowest BCUT2D eigenvalue weighted by atomic mass is 10.1. The summed E-state index contributed by atoms with van der Waals surface area (Å²) in [6.45, 7) is 4.85. The van der Waals surface area contributed by atoms with Gasteiger partial charge in [0.05, 0.1) is 5.69 Å². The van der Waals surface area contributed by atoms with Crippen molar-refractivity contribution in [3.05, 3.63) is 52.3 Å². The molecular formula is C17H23F2N5. The van der Waals surface area contributed by atoms with Crippen LogP contribution in [-0.4, -0.2) is 29.3 Å². The lowest BCUT2D eigenvalue weighted by Gasteiger charge is -2.12. The highest BCUT2D eigenvalue weighted by Gasteiger charge is 2.09. The minimum Gasteiger partial charge on any atom is -0.356 e. The lowest BCUT2D eigenvalue weighted by molar-refractivity contribution is 0.581. The van der Waals surface area contributed by atoms with Crippen molar-refractivity contribution in [1.82, 2.24) is 20.4 Å². The number of aromatic nitrogens is 2. The van der Waals surface area contributed by atoms with Gasteiger partial charge in [-0.3, -0.25) is 9.67 Å². The number of guanidine groups is 1. The number of aryl methyl sites for hydroxylation is 2. The van der Waals surface area contributed by atoms with Gasteiger partial charge in [0.25, 0.3) is 0 Å². The van der Waals surface area contributed by atoms with Crippen LogP contribution in [0.4, 0.5) is 8.78 Å². The van der Waals surface area contributed by atoms with Crippen LogP contribution >= 0.6 is 0 Å². The van der Waals surface area contributed by atoms with Gasteiger partial charge in [0.2, 0.25) is 0 Å². The number of hydrogen-bond acceptors (Lipinski definition) is 2. The predicted octanol–water partition coefficient (Wildman–Crippen LogP) is 2.22. The molecule has 0 radical (unpaired) electrons. The van der Waals surface area contributed by atoms with Gasteiger partial charge in [-0.15, -0.1) is 0 Å². The first-order chi connectivity index (χ1) is 11.4. The Balaban J connectivity index is 1.88. The molecule has 1 heterocycles. The van der Waals surface area contributed by atoms with E-state index in [1.165, 1.54) is 11.6 Å². The molecule has 0 spiro atoms. The van der Waals surface area contributed by atoms with E-state index in [2.05, 4.69) is 20.7 Å². The van der Waals surface area contributed by atoms with Crippen molar-refractivity contribution in [3.63, 3.8) is 0 Å². The molecule has 1 aromatic heterocycles. The summed E-state index contributed by atoms with van der Waals surface area (Å²) in [5.41, 5.74) is 3.62. The number of rotatable bonds is 5. The molecule has 2 rings (SSSR count). The Hall–Kier alpha value is -2.44. The fourth-order valence-electron chi connectivity index (χ4n) is 2.56. The summed E-state index contributed by atoms with van der Waals surface area (Å²) < 4.78 is 28.7. The highest BCUT2D eigenvalue weighted by atomic mass is 19.1. The zero-order valence-electron chi connectivity index (χ0n) is 14.5. The van der Waals surface area contributed by atoms with Crippen molar-refractivity contribution < 1.29 is 8.78 Å². The van der Waals surface area contributed by atoms with E-state index >= 15 is 0 Å². The molecule has 0 aliphatic rings. The molecule has 1 aromatic carbocycles. The van der Waals surface area contributed by atoms with Crippen LogP contribution in [0.15, 0.2) is 23.2 Å². The van der Waals surface area contributed by atoms with Crippen molar-refractivity contribution in [2.24, 2.45) is 12.0 Å². The first-order valence-corrected chi connectivity index (χ1v) is 7.80. The molecule has 5 nitrogen and oxygen atoms in total. The maximum atomic E-state index is 13.6. The molecule has 0 fully saturated rings. The van der Waals surface area contributed by atoms with Crippen LogP contribution < -0.4 is 10.6 Å². The lowest BCUT2D eigenvalue weighted by Crippen LogP contribution is -2.38. The molecule has 2 N–H and O–H groups in total. The van der Waals surface area contributed by atoms with Gasteiger partial charge in [-0.1, -0.05) is 0 Å². The van der Waals surface area contributed by atoms with Crippen LogP contribution in [0.1, 0.15) is 22.5 Å². The monoisotopic (exact) mass is 335 g/mol. The Morgan fingerprint density at radius 3 is 2.62 bits per heavy atom. The molecule has 0 aliphatic heterocycles. The third-order valence-corrected chi connectivity index (χ3v) is 4.00. The molecule has 2 aromatic rings. The molecule has 0 unspecified atom stereocenters. The second-order valence-corrected chi connectivity index (χ2v) is 5.61. The van der Waals surface area contributed by atoms with Crippen molar-refractivity contribution in [1.29, 1.82) is 0 Å². The van der Waals surface area contributed by atoms with Gasteiger partial charge in [-0.25, -0.2) is 8.78 Å². The van der Waals surface area contributed by atoms with Gasteiger partial charge in [0, 0.05) is 38.4 Å². The van der Waals surface area contributed by atoms with E-state index in [1.807, 2.05) is 25.6 Å². The number of nitrogens with one attached hydrogen (secondary N) is 2. The topological polar surface area (TPSA) is 54.2 Å². The van der Waals surface area contributed by atoms with E-state index in [9.17, 15) is 8.78 Å². The molecule has 7 heteroatoms. The van der Waals surface area contributed by atoms with Gasteiger partial charge in [0.15, 0.2) is 5.96 Å². The Morgan fingerprint density at radius 1 is 1.25 bits per heavy atom. The summed E-state index contributed by atoms with van der Waals surface area (Å²) in [5, 5.41) is 10.5. The van der Waals surface area contributed by atoms with Crippen LogP contribution in [0.3, 0.4) is 0 Å². The Kier molecular flexibility index (Phi) is 5.89. The van der Waals surface area contributed by atoms with Gasteiger partial charge >= 0.3 is 0 Å². The molecule has 24 heavy (non-hydrogen) atoms. The third kappa shape index (κ3) is 4.31. The summed E-state index contributed by atoms with van der Waals surface area (Å²) >= 11 is 0. The highest BCUT2D eigenvalue weighted by molar-refractivity contribution is 5.79. The predicted molar refractivity (Wildman–Crippen MR) is 90.9 cm³/mol. The number of hydrogen-bond donors (Lipinski definition) is 2. The standard InChI is InChI=1S/C17H23F2N5/c1-11-15(12(2)24(4)23-11)7-8-21-17(20-3)22-10-13-9-14(18)5-6-16(13)19/h5-6,9H,7-8,10H2,1-4H3,(H2,20,21,22). The molecule has 0 aliphatic carbocycles. The Morgan fingerprint density at radius 2 is 2.00 bits per heavy atom. The quantitative estimate of drug-likeness (QED) is 0.651. The first kappa shape index (κ1) is 17.9. The largest absolute Gasteiger partial charge is 0.356 e. The first-order valence-electron chi connectivity index (χ1n) is 7.80. The zero-order chi connectivity index (χ0) is 17.7. The molecule has 130 valence electrons. The second-order valence-electron chi connectivity index (χ2n) is 5.61. The summed E-state index contributed by atoms with van der Waals surface area (Å²) in [4.78, 5) is 4.09. The van der Waals surface area contributed by atoms with E-state index in [0.29, 0.717) is 12.5 Å². The van der Waals surface area contributed by atoms with Gasteiger partial charge in [0.1, 0.15) is 11.6 Å².